The molecule has 0 radical (unpaired) electrons. The predicted octanol–water partition coefficient (Wildman–Crippen LogP) is 5.45. The van der Waals surface area contributed by atoms with E-state index in [1.807, 2.05) is 11.1 Å². The Balaban J connectivity index is 3.43. The summed E-state index contributed by atoms with van der Waals surface area (Å²) in [5.41, 5.74) is -0.528. The van der Waals surface area contributed by atoms with Gasteiger partial charge in [-0.1, -0.05) is 61.4 Å². The van der Waals surface area contributed by atoms with Gasteiger partial charge in [0.2, 0.25) is 0 Å². The van der Waals surface area contributed by atoms with Crippen molar-refractivity contribution < 1.29 is 19.4 Å². The minimum atomic E-state index is -0.950. The second-order valence-electron chi connectivity index (χ2n) is 9.01. The fourth-order valence-electron chi connectivity index (χ4n) is 4.62. The van der Waals surface area contributed by atoms with E-state index in [4.69, 9.17) is 9.78 Å². The van der Waals surface area contributed by atoms with Crippen molar-refractivity contribution in [2.75, 3.05) is 45.8 Å². The molecule has 10 nitrogen and oxygen atoms in total. The van der Waals surface area contributed by atoms with Crippen molar-refractivity contribution in [3.63, 3.8) is 0 Å². The van der Waals surface area contributed by atoms with Crippen LogP contribution >= 0.6 is 0 Å². The minimum Gasteiger partial charge on any atom is -0.217 e. The Hall–Kier alpha value is -3.70. The molecule has 1 aliphatic carbocycles. The fourth-order valence-corrected chi connectivity index (χ4v) is 4.62. The summed E-state index contributed by atoms with van der Waals surface area (Å²) in [4.78, 5) is 37.6. The van der Waals surface area contributed by atoms with Gasteiger partial charge < -0.3 is 0 Å². The van der Waals surface area contributed by atoms with E-state index in [9.17, 15) is 9.59 Å². The van der Waals surface area contributed by atoms with Crippen LogP contribution in [0.2, 0.25) is 0 Å². The van der Waals surface area contributed by atoms with Gasteiger partial charge in [-0.05, 0) is 12.8 Å². The number of hydrazine groups is 4. The summed E-state index contributed by atoms with van der Waals surface area (Å²) in [6.07, 6.45) is 15.0. The smallest absolute Gasteiger partial charge is 0.217 e. The van der Waals surface area contributed by atoms with E-state index in [1.54, 1.807) is 57.6 Å². The standard InChI is InChI=1S/C30H46N6O4/c1-9-21-31(22-10-2)35(32(23-11-3)24-12-4)28(37)39-40-29(38)36(33(25-13-5)26-14-6)34(27-15-7)30(16-8)19-17-18-20-30/h9-16H,1-8,17-27H2. The van der Waals surface area contributed by atoms with Crippen LogP contribution in [-0.4, -0.2) is 93.8 Å². The third-order valence-electron chi connectivity index (χ3n) is 6.25. The van der Waals surface area contributed by atoms with E-state index >= 15 is 0 Å². The lowest BCUT2D eigenvalue weighted by Crippen LogP contribution is -2.63. The first kappa shape index (κ1) is 34.3. The SMILES string of the molecule is C=CCN(CC=C)N(C(=O)OOC(=O)N(N(CC=C)CC=C)N(CC=C)C1(C=C)CCCC1)N(CC=C)CC=C. The lowest BCUT2D eigenvalue weighted by atomic mass is 9.97. The van der Waals surface area contributed by atoms with Gasteiger partial charge in [0, 0.05) is 45.8 Å². The molecule has 0 N–H and O–H groups in total. The average molecular weight is 555 g/mol. The number of carbonyl (C=O) groups excluding carboxylic acids is 2. The first-order valence-electron chi connectivity index (χ1n) is 13.3. The summed E-state index contributed by atoms with van der Waals surface area (Å²) < 4.78 is 0. The van der Waals surface area contributed by atoms with Crippen LogP contribution in [0, 0.1) is 0 Å². The highest BCUT2D eigenvalue weighted by Gasteiger charge is 2.44. The van der Waals surface area contributed by atoms with Gasteiger partial charge >= 0.3 is 12.2 Å². The van der Waals surface area contributed by atoms with E-state index in [2.05, 4.69) is 52.6 Å². The van der Waals surface area contributed by atoms with Crippen LogP contribution in [0.15, 0.2) is 101 Å². The zero-order chi connectivity index (χ0) is 30.0. The van der Waals surface area contributed by atoms with Crippen LogP contribution in [0.1, 0.15) is 25.7 Å². The monoisotopic (exact) mass is 554 g/mol. The summed E-state index contributed by atoms with van der Waals surface area (Å²) in [7, 11) is 0. The fraction of sp³-hybridized carbons (Fsp3) is 0.400. The van der Waals surface area contributed by atoms with Crippen molar-refractivity contribution in [2.45, 2.75) is 31.2 Å². The maximum atomic E-state index is 13.7. The molecule has 0 aromatic rings. The third kappa shape index (κ3) is 9.20. The van der Waals surface area contributed by atoms with Crippen molar-refractivity contribution >= 4 is 12.2 Å². The highest BCUT2D eigenvalue weighted by atomic mass is 17.2. The van der Waals surface area contributed by atoms with Gasteiger partial charge in [-0.15, -0.1) is 52.6 Å². The Labute approximate surface area is 240 Å². The number of carbonyl (C=O) groups is 2. The molecule has 0 spiro atoms. The second kappa shape index (κ2) is 18.6. The van der Waals surface area contributed by atoms with Crippen LogP contribution in [0.25, 0.3) is 0 Å². The number of hydrogen-bond donors (Lipinski definition) is 0. The maximum absolute atomic E-state index is 13.7. The molecule has 0 aliphatic heterocycles. The van der Waals surface area contributed by atoms with Crippen molar-refractivity contribution in [1.29, 1.82) is 0 Å². The maximum Gasteiger partial charge on any atom is 0.482 e. The molecule has 0 heterocycles. The number of nitrogens with zero attached hydrogens (tertiary/aromatic N) is 6. The van der Waals surface area contributed by atoms with Crippen LogP contribution in [0.3, 0.4) is 0 Å². The topological polar surface area (TPSA) is 72.0 Å². The quantitative estimate of drug-likeness (QED) is 0.112. The van der Waals surface area contributed by atoms with E-state index < -0.39 is 17.7 Å². The summed E-state index contributed by atoms with van der Waals surface area (Å²) in [5, 5.41) is 9.32. The molecule has 2 amide bonds. The molecule has 0 saturated heterocycles. The van der Waals surface area contributed by atoms with Gasteiger partial charge in [0.1, 0.15) is 0 Å². The number of hydrogen-bond acceptors (Lipinski definition) is 8. The molecule has 220 valence electrons. The summed E-state index contributed by atoms with van der Waals surface area (Å²) in [5.74, 6) is 0. The van der Waals surface area contributed by atoms with Gasteiger partial charge in [-0.3, -0.25) is 0 Å². The van der Waals surface area contributed by atoms with Crippen molar-refractivity contribution in [3.05, 3.63) is 101 Å². The average Bonchev–Trinajstić information content (AvgIpc) is 3.43. The number of rotatable bonds is 20. The molecule has 10 heteroatoms. The van der Waals surface area contributed by atoms with Crippen molar-refractivity contribution in [1.82, 2.24) is 30.3 Å². The largest absolute Gasteiger partial charge is 0.482 e. The Bertz CT molecular complexity index is 860. The highest BCUT2D eigenvalue weighted by Crippen LogP contribution is 2.38. The van der Waals surface area contributed by atoms with Crippen molar-refractivity contribution in [2.24, 2.45) is 0 Å². The van der Waals surface area contributed by atoms with E-state index in [0.717, 1.165) is 25.7 Å². The van der Waals surface area contributed by atoms with Gasteiger partial charge in [0.05, 0.1) is 5.54 Å². The summed E-state index contributed by atoms with van der Waals surface area (Å²) in [6, 6.07) is 0. The van der Waals surface area contributed by atoms with Gasteiger partial charge in [-0.25, -0.2) is 19.4 Å². The van der Waals surface area contributed by atoms with Crippen molar-refractivity contribution in [3.8, 4) is 0 Å². The van der Waals surface area contributed by atoms with Gasteiger partial charge in [-0.2, -0.15) is 30.3 Å². The van der Waals surface area contributed by atoms with E-state index in [0.29, 0.717) is 19.6 Å². The molecule has 0 unspecified atom stereocenters. The summed E-state index contributed by atoms with van der Waals surface area (Å²) >= 11 is 0. The molecular weight excluding hydrogens is 508 g/mol. The zero-order valence-electron chi connectivity index (χ0n) is 23.9. The van der Waals surface area contributed by atoms with Gasteiger partial charge in [0.25, 0.3) is 0 Å². The van der Waals surface area contributed by atoms with E-state index in [-0.39, 0.29) is 26.2 Å². The van der Waals surface area contributed by atoms with Crippen LogP contribution in [-0.2, 0) is 9.78 Å². The Morgan fingerprint density at radius 3 is 1.20 bits per heavy atom. The Kier molecular flexibility index (Phi) is 15.9. The minimum absolute atomic E-state index is 0.285. The van der Waals surface area contributed by atoms with Crippen LogP contribution in [0.5, 0.6) is 0 Å². The molecule has 40 heavy (non-hydrogen) atoms. The highest BCUT2D eigenvalue weighted by molar-refractivity contribution is 5.70. The summed E-state index contributed by atoms with van der Waals surface area (Å²) in [6.45, 7) is 32.7. The molecular formula is C30H46N6O4. The molecule has 0 bridgehead atoms. The number of amides is 2. The van der Waals surface area contributed by atoms with E-state index in [1.165, 1.54) is 10.2 Å². The molecule has 1 fully saturated rings. The lowest BCUT2D eigenvalue weighted by Gasteiger charge is -2.47. The molecule has 1 aliphatic rings. The first-order chi connectivity index (χ1) is 19.3. The Morgan fingerprint density at radius 1 is 0.550 bits per heavy atom. The molecule has 1 rings (SSSR count). The lowest BCUT2D eigenvalue weighted by molar-refractivity contribution is -0.265. The second-order valence-corrected chi connectivity index (χ2v) is 9.01. The molecule has 0 atom stereocenters. The van der Waals surface area contributed by atoms with Gasteiger partial charge in [0.15, 0.2) is 0 Å². The van der Waals surface area contributed by atoms with Crippen LogP contribution < -0.4 is 0 Å². The Morgan fingerprint density at radius 2 is 0.875 bits per heavy atom. The normalized spacial score (nSPS) is 13.9. The molecule has 1 saturated carbocycles. The third-order valence-corrected chi connectivity index (χ3v) is 6.25. The predicted molar refractivity (Wildman–Crippen MR) is 161 cm³/mol. The van der Waals surface area contributed by atoms with Crippen LogP contribution in [0.4, 0.5) is 9.59 Å². The first-order valence-corrected chi connectivity index (χ1v) is 13.3. The zero-order valence-corrected chi connectivity index (χ0v) is 23.9. The molecule has 0 aromatic carbocycles. The molecule has 0 aromatic heterocycles.